The standard InChI is InChI=1S/C21H23N3O2S/c25-27(26,20-10-8-18(9-11-20)17-24-15-5-12-22-24)21-7-4-6-19(16-21)23-13-2-1-3-14-23/h4-12,15-16H,1-3,13-14,17H2. The Kier molecular flexibility index (Phi) is 4.99. The molecule has 0 unspecified atom stereocenters. The highest BCUT2D eigenvalue weighted by atomic mass is 32.2. The molecule has 0 saturated carbocycles. The molecule has 6 heteroatoms. The van der Waals surface area contributed by atoms with Gasteiger partial charge in [-0.3, -0.25) is 4.68 Å². The Morgan fingerprint density at radius 2 is 1.67 bits per heavy atom. The monoisotopic (exact) mass is 381 g/mol. The molecule has 5 nitrogen and oxygen atoms in total. The molecule has 1 aromatic heterocycles. The first kappa shape index (κ1) is 17.8. The molecule has 2 heterocycles. The summed E-state index contributed by atoms with van der Waals surface area (Å²) in [6.45, 7) is 2.61. The van der Waals surface area contributed by atoms with E-state index in [1.165, 1.54) is 6.42 Å². The van der Waals surface area contributed by atoms with Gasteiger partial charge in [0, 0.05) is 31.2 Å². The van der Waals surface area contributed by atoms with E-state index in [2.05, 4.69) is 10.00 Å². The normalized spacial score (nSPS) is 15.0. The Hall–Kier alpha value is -2.60. The highest BCUT2D eigenvalue weighted by Crippen LogP contribution is 2.27. The molecule has 0 aliphatic carbocycles. The summed E-state index contributed by atoms with van der Waals surface area (Å²) in [4.78, 5) is 2.95. The molecule has 140 valence electrons. The quantitative estimate of drug-likeness (QED) is 0.675. The molecule has 0 spiro atoms. The van der Waals surface area contributed by atoms with Crippen LogP contribution in [0, 0.1) is 0 Å². The van der Waals surface area contributed by atoms with Gasteiger partial charge in [-0.1, -0.05) is 18.2 Å². The van der Waals surface area contributed by atoms with E-state index in [9.17, 15) is 8.42 Å². The van der Waals surface area contributed by atoms with Crippen LogP contribution in [0.4, 0.5) is 5.69 Å². The molecule has 1 saturated heterocycles. The summed E-state index contributed by atoms with van der Waals surface area (Å²) in [6.07, 6.45) is 7.19. The number of hydrogen-bond donors (Lipinski definition) is 0. The lowest BCUT2D eigenvalue weighted by Gasteiger charge is -2.29. The van der Waals surface area contributed by atoms with Crippen molar-refractivity contribution in [2.75, 3.05) is 18.0 Å². The summed E-state index contributed by atoms with van der Waals surface area (Å²) in [5.74, 6) is 0. The van der Waals surface area contributed by atoms with Crippen molar-refractivity contribution in [1.82, 2.24) is 9.78 Å². The molecule has 0 amide bonds. The van der Waals surface area contributed by atoms with E-state index in [0.717, 1.165) is 37.2 Å². The van der Waals surface area contributed by atoms with Gasteiger partial charge in [-0.2, -0.15) is 5.10 Å². The zero-order valence-corrected chi connectivity index (χ0v) is 16.0. The molecular formula is C21H23N3O2S. The van der Waals surface area contributed by atoms with Gasteiger partial charge in [-0.05, 0) is 61.2 Å². The Labute approximate surface area is 160 Å². The zero-order chi connectivity index (χ0) is 18.7. The summed E-state index contributed by atoms with van der Waals surface area (Å²) >= 11 is 0. The summed E-state index contributed by atoms with van der Waals surface area (Å²) < 4.78 is 27.9. The fourth-order valence-corrected chi connectivity index (χ4v) is 4.79. The molecule has 0 radical (unpaired) electrons. The third-order valence-electron chi connectivity index (χ3n) is 4.99. The molecule has 3 aromatic rings. The molecular weight excluding hydrogens is 358 g/mol. The molecule has 4 rings (SSSR count). The molecule has 1 fully saturated rings. The first-order valence-electron chi connectivity index (χ1n) is 9.29. The predicted octanol–water partition coefficient (Wildman–Crippen LogP) is 3.75. The summed E-state index contributed by atoms with van der Waals surface area (Å²) in [7, 11) is -3.53. The van der Waals surface area contributed by atoms with E-state index in [1.807, 2.05) is 41.2 Å². The van der Waals surface area contributed by atoms with Crippen LogP contribution in [0.2, 0.25) is 0 Å². The SMILES string of the molecule is O=S(=O)(c1ccc(Cn2cccn2)cc1)c1cccc(N2CCCCC2)c1. The van der Waals surface area contributed by atoms with Gasteiger partial charge >= 0.3 is 0 Å². The lowest BCUT2D eigenvalue weighted by molar-refractivity contribution is 0.577. The number of hydrogen-bond acceptors (Lipinski definition) is 4. The topological polar surface area (TPSA) is 55.2 Å². The maximum Gasteiger partial charge on any atom is 0.206 e. The average molecular weight is 382 g/mol. The zero-order valence-electron chi connectivity index (χ0n) is 15.2. The van der Waals surface area contributed by atoms with Crippen LogP contribution in [0.5, 0.6) is 0 Å². The van der Waals surface area contributed by atoms with Crippen LogP contribution in [0.25, 0.3) is 0 Å². The minimum atomic E-state index is -3.53. The number of piperidine rings is 1. The minimum absolute atomic E-state index is 0.322. The fraction of sp³-hybridized carbons (Fsp3) is 0.286. The van der Waals surface area contributed by atoms with Crippen LogP contribution in [0.3, 0.4) is 0 Å². The molecule has 0 atom stereocenters. The van der Waals surface area contributed by atoms with E-state index in [0.29, 0.717) is 16.3 Å². The molecule has 27 heavy (non-hydrogen) atoms. The van der Waals surface area contributed by atoms with Gasteiger partial charge in [0.15, 0.2) is 0 Å². The van der Waals surface area contributed by atoms with Crippen LogP contribution < -0.4 is 4.90 Å². The number of rotatable bonds is 5. The summed E-state index contributed by atoms with van der Waals surface area (Å²) in [6, 6.07) is 16.3. The van der Waals surface area contributed by atoms with Crippen molar-refractivity contribution in [3.05, 3.63) is 72.6 Å². The number of benzene rings is 2. The second-order valence-corrected chi connectivity index (χ2v) is 8.85. The van der Waals surface area contributed by atoms with Crippen molar-refractivity contribution in [3.8, 4) is 0 Å². The van der Waals surface area contributed by atoms with E-state index < -0.39 is 9.84 Å². The van der Waals surface area contributed by atoms with Gasteiger partial charge in [0.05, 0.1) is 16.3 Å². The van der Waals surface area contributed by atoms with Gasteiger partial charge in [0.1, 0.15) is 0 Å². The van der Waals surface area contributed by atoms with Crippen molar-refractivity contribution >= 4 is 15.5 Å². The Morgan fingerprint density at radius 3 is 2.37 bits per heavy atom. The molecule has 0 N–H and O–H groups in total. The van der Waals surface area contributed by atoms with Crippen molar-refractivity contribution in [2.24, 2.45) is 0 Å². The molecule has 1 aliphatic heterocycles. The lowest BCUT2D eigenvalue weighted by Crippen LogP contribution is -2.29. The van der Waals surface area contributed by atoms with Crippen LogP contribution in [-0.2, 0) is 16.4 Å². The largest absolute Gasteiger partial charge is 0.372 e. The first-order valence-corrected chi connectivity index (χ1v) is 10.8. The van der Waals surface area contributed by atoms with Gasteiger partial charge < -0.3 is 4.90 Å². The number of aromatic nitrogens is 2. The Balaban J connectivity index is 1.57. The van der Waals surface area contributed by atoms with E-state index in [4.69, 9.17) is 0 Å². The maximum absolute atomic E-state index is 13.1. The van der Waals surface area contributed by atoms with E-state index in [-0.39, 0.29) is 0 Å². The van der Waals surface area contributed by atoms with Gasteiger partial charge in [0.25, 0.3) is 0 Å². The lowest BCUT2D eigenvalue weighted by atomic mass is 10.1. The van der Waals surface area contributed by atoms with E-state index in [1.54, 1.807) is 30.5 Å². The summed E-state index contributed by atoms with van der Waals surface area (Å²) in [5.41, 5.74) is 2.01. The molecule has 2 aromatic carbocycles. The van der Waals surface area contributed by atoms with Gasteiger partial charge in [-0.15, -0.1) is 0 Å². The van der Waals surface area contributed by atoms with Gasteiger partial charge in [0.2, 0.25) is 9.84 Å². The van der Waals surface area contributed by atoms with Crippen LogP contribution in [0.1, 0.15) is 24.8 Å². The van der Waals surface area contributed by atoms with Crippen LogP contribution in [-0.4, -0.2) is 31.3 Å². The van der Waals surface area contributed by atoms with Crippen LogP contribution >= 0.6 is 0 Å². The van der Waals surface area contributed by atoms with Crippen molar-refractivity contribution in [1.29, 1.82) is 0 Å². The summed E-state index contributed by atoms with van der Waals surface area (Å²) in [5, 5.41) is 4.18. The smallest absolute Gasteiger partial charge is 0.206 e. The molecule has 0 bridgehead atoms. The highest BCUT2D eigenvalue weighted by molar-refractivity contribution is 7.91. The van der Waals surface area contributed by atoms with Crippen LogP contribution in [0.15, 0.2) is 76.8 Å². The van der Waals surface area contributed by atoms with Crippen molar-refractivity contribution < 1.29 is 8.42 Å². The number of sulfone groups is 1. The minimum Gasteiger partial charge on any atom is -0.372 e. The molecule has 1 aliphatic rings. The predicted molar refractivity (Wildman–Crippen MR) is 106 cm³/mol. The van der Waals surface area contributed by atoms with E-state index >= 15 is 0 Å². The fourth-order valence-electron chi connectivity index (χ4n) is 3.49. The highest BCUT2D eigenvalue weighted by Gasteiger charge is 2.19. The number of nitrogens with zero attached hydrogens (tertiary/aromatic N) is 3. The third-order valence-corrected chi connectivity index (χ3v) is 6.75. The second kappa shape index (κ2) is 7.56. The van der Waals surface area contributed by atoms with Gasteiger partial charge in [-0.25, -0.2) is 8.42 Å². The van der Waals surface area contributed by atoms with Crippen molar-refractivity contribution in [3.63, 3.8) is 0 Å². The Bertz CT molecular complexity index is 990. The average Bonchev–Trinajstić information content (AvgIpc) is 3.22. The first-order chi connectivity index (χ1) is 13.1. The van der Waals surface area contributed by atoms with Crippen molar-refractivity contribution in [2.45, 2.75) is 35.6 Å². The Morgan fingerprint density at radius 1 is 0.889 bits per heavy atom. The number of anilines is 1. The maximum atomic E-state index is 13.1. The second-order valence-electron chi connectivity index (χ2n) is 6.90. The third kappa shape index (κ3) is 3.90.